The van der Waals surface area contributed by atoms with E-state index in [1.165, 1.54) is 28.8 Å². The Hall–Kier alpha value is -3.02. The SMILES string of the molecule is C#CCn1c(=NC(=O)c2cc([N+](=O)[O-])ccc2Cl)sc2cccc(F)c21. The molecule has 0 spiro atoms. The summed E-state index contributed by atoms with van der Waals surface area (Å²) in [6, 6.07) is 7.99. The molecular formula is C17H9ClFN3O3S. The fourth-order valence-corrected chi connectivity index (χ4v) is 3.59. The molecule has 1 heterocycles. The Bertz CT molecular complexity index is 1160. The van der Waals surface area contributed by atoms with Crippen LogP contribution in [0.25, 0.3) is 10.2 Å². The van der Waals surface area contributed by atoms with Gasteiger partial charge in [0, 0.05) is 12.1 Å². The number of thiazole rings is 1. The van der Waals surface area contributed by atoms with E-state index in [0.717, 1.165) is 17.4 Å². The summed E-state index contributed by atoms with van der Waals surface area (Å²) in [6.07, 6.45) is 5.34. The van der Waals surface area contributed by atoms with Gasteiger partial charge in [-0.25, -0.2) is 4.39 Å². The van der Waals surface area contributed by atoms with E-state index in [4.69, 9.17) is 18.0 Å². The second-order valence-corrected chi connectivity index (χ2v) is 6.52. The van der Waals surface area contributed by atoms with Crippen LogP contribution in [0.5, 0.6) is 0 Å². The number of hydrogen-bond acceptors (Lipinski definition) is 4. The highest BCUT2D eigenvalue weighted by Gasteiger charge is 2.17. The van der Waals surface area contributed by atoms with E-state index in [0.29, 0.717) is 4.70 Å². The number of carbonyl (C=O) groups excluding carboxylic acids is 1. The van der Waals surface area contributed by atoms with Crippen molar-refractivity contribution in [1.82, 2.24) is 4.57 Å². The molecule has 0 N–H and O–H groups in total. The number of carbonyl (C=O) groups is 1. The maximum atomic E-state index is 14.1. The summed E-state index contributed by atoms with van der Waals surface area (Å²) in [4.78, 5) is 26.9. The summed E-state index contributed by atoms with van der Waals surface area (Å²) in [5.74, 6) is 1.12. The van der Waals surface area contributed by atoms with Gasteiger partial charge in [-0.15, -0.1) is 6.42 Å². The predicted octanol–water partition coefficient (Wildman–Crippen LogP) is 3.78. The molecule has 1 amide bonds. The number of terminal acetylenes is 1. The number of hydrogen-bond donors (Lipinski definition) is 0. The van der Waals surface area contributed by atoms with Crippen molar-refractivity contribution in [2.75, 3.05) is 0 Å². The van der Waals surface area contributed by atoms with E-state index < -0.39 is 16.6 Å². The van der Waals surface area contributed by atoms with E-state index in [1.807, 2.05) is 0 Å². The highest BCUT2D eigenvalue weighted by Crippen LogP contribution is 2.24. The molecule has 6 nitrogen and oxygen atoms in total. The van der Waals surface area contributed by atoms with Crippen molar-refractivity contribution >= 4 is 44.7 Å². The zero-order valence-electron chi connectivity index (χ0n) is 13.0. The molecule has 130 valence electrons. The lowest BCUT2D eigenvalue weighted by Gasteiger charge is -2.01. The molecule has 3 aromatic rings. The third kappa shape index (κ3) is 3.22. The third-order valence-corrected chi connectivity index (χ3v) is 4.86. The number of non-ortho nitro benzene ring substituents is 1. The first kappa shape index (κ1) is 17.8. The lowest BCUT2D eigenvalue weighted by Crippen LogP contribution is -2.17. The van der Waals surface area contributed by atoms with Crippen molar-refractivity contribution < 1.29 is 14.1 Å². The van der Waals surface area contributed by atoms with Crippen LogP contribution in [-0.4, -0.2) is 15.4 Å². The van der Waals surface area contributed by atoms with E-state index in [2.05, 4.69) is 10.9 Å². The van der Waals surface area contributed by atoms with Gasteiger partial charge in [0.15, 0.2) is 4.80 Å². The Morgan fingerprint density at radius 3 is 2.88 bits per heavy atom. The van der Waals surface area contributed by atoms with Gasteiger partial charge in [0.25, 0.3) is 11.6 Å². The van der Waals surface area contributed by atoms with Gasteiger partial charge in [-0.2, -0.15) is 4.99 Å². The second-order valence-electron chi connectivity index (χ2n) is 5.10. The summed E-state index contributed by atoms with van der Waals surface area (Å²) in [5.41, 5.74) is -0.162. The zero-order chi connectivity index (χ0) is 18.8. The van der Waals surface area contributed by atoms with Crippen LogP contribution in [0.3, 0.4) is 0 Å². The zero-order valence-corrected chi connectivity index (χ0v) is 14.6. The van der Waals surface area contributed by atoms with Crippen molar-refractivity contribution in [1.29, 1.82) is 0 Å². The molecule has 3 rings (SSSR count). The van der Waals surface area contributed by atoms with Gasteiger partial charge in [0.2, 0.25) is 0 Å². The average molecular weight is 390 g/mol. The van der Waals surface area contributed by atoms with Gasteiger partial charge < -0.3 is 4.57 Å². The monoisotopic (exact) mass is 389 g/mol. The molecule has 2 aromatic carbocycles. The number of nitro groups is 1. The summed E-state index contributed by atoms with van der Waals surface area (Å²) in [6.45, 7) is 0.00964. The predicted molar refractivity (Wildman–Crippen MR) is 96.6 cm³/mol. The number of amides is 1. The normalized spacial score (nSPS) is 11.5. The van der Waals surface area contributed by atoms with Crippen LogP contribution in [0, 0.1) is 28.3 Å². The molecule has 0 saturated carbocycles. The van der Waals surface area contributed by atoms with Crippen LogP contribution in [-0.2, 0) is 6.54 Å². The number of para-hydroxylation sites is 1. The average Bonchev–Trinajstić information content (AvgIpc) is 2.94. The van der Waals surface area contributed by atoms with Gasteiger partial charge in [0.05, 0.1) is 32.3 Å². The van der Waals surface area contributed by atoms with Gasteiger partial charge >= 0.3 is 0 Å². The number of fused-ring (bicyclic) bond motifs is 1. The quantitative estimate of drug-likeness (QED) is 0.388. The van der Waals surface area contributed by atoms with E-state index in [1.54, 1.807) is 6.07 Å². The highest BCUT2D eigenvalue weighted by molar-refractivity contribution is 7.16. The molecule has 0 aliphatic carbocycles. The van der Waals surface area contributed by atoms with Crippen molar-refractivity contribution in [3.05, 3.63) is 67.7 Å². The molecule has 0 saturated heterocycles. The van der Waals surface area contributed by atoms with Gasteiger partial charge in [-0.3, -0.25) is 14.9 Å². The van der Waals surface area contributed by atoms with E-state index in [9.17, 15) is 19.3 Å². The first-order valence-electron chi connectivity index (χ1n) is 7.16. The summed E-state index contributed by atoms with van der Waals surface area (Å²) in [5, 5.41) is 10.9. The molecule has 0 aliphatic heterocycles. The van der Waals surface area contributed by atoms with Gasteiger partial charge in [0.1, 0.15) is 5.82 Å². The minimum atomic E-state index is -0.781. The molecule has 0 atom stereocenters. The summed E-state index contributed by atoms with van der Waals surface area (Å²) >= 11 is 7.05. The Morgan fingerprint density at radius 2 is 2.19 bits per heavy atom. The fraction of sp³-hybridized carbons (Fsp3) is 0.0588. The Labute approximate surface area is 155 Å². The largest absolute Gasteiger partial charge is 0.302 e. The number of benzene rings is 2. The number of nitro benzene ring substituents is 1. The Morgan fingerprint density at radius 1 is 1.42 bits per heavy atom. The first-order valence-corrected chi connectivity index (χ1v) is 8.36. The molecule has 0 bridgehead atoms. The van der Waals surface area contributed by atoms with Crippen molar-refractivity contribution in [2.24, 2.45) is 4.99 Å². The van der Waals surface area contributed by atoms with Gasteiger partial charge in [-0.1, -0.05) is 34.9 Å². The summed E-state index contributed by atoms with van der Waals surface area (Å²) in [7, 11) is 0. The molecular weight excluding hydrogens is 381 g/mol. The topological polar surface area (TPSA) is 77.5 Å². The van der Waals surface area contributed by atoms with E-state index >= 15 is 0 Å². The molecule has 1 aromatic heterocycles. The number of nitrogens with zero attached hydrogens (tertiary/aromatic N) is 3. The minimum absolute atomic E-state index is 0.00964. The lowest BCUT2D eigenvalue weighted by atomic mass is 10.2. The molecule has 26 heavy (non-hydrogen) atoms. The van der Waals surface area contributed by atoms with E-state index in [-0.39, 0.29) is 33.1 Å². The number of halogens is 2. The Balaban J connectivity index is 2.19. The second kappa shape index (κ2) is 7.07. The number of aromatic nitrogens is 1. The molecule has 0 fully saturated rings. The van der Waals surface area contributed by atoms with Crippen molar-refractivity contribution in [3.63, 3.8) is 0 Å². The molecule has 0 aliphatic rings. The molecule has 0 radical (unpaired) electrons. The fourth-order valence-electron chi connectivity index (χ4n) is 2.35. The van der Waals surface area contributed by atoms with Crippen molar-refractivity contribution in [3.8, 4) is 12.3 Å². The van der Waals surface area contributed by atoms with Gasteiger partial charge in [-0.05, 0) is 18.2 Å². The molecule has 9 heteroatoms. The Kier molecular flexibility index (Phi) is 4.84. The maximum absolute atomic E-state index is 14.1. The summed E-state index contributed by atoms with van der Waals surface area (Å²) < 4.78 is 16.1. The van der Waals surface area contributed by atoms with Crippen LogP contribution >= 0.6 is 22.9 Å². The smallest absolute Gasteiger partial charge is 0.281 e. The van der Waals surface area contributed by atoms with Crippen LogP contribution < -0.4 is 4.80 Å². The molecule has 0 unspecified atom stereocenters. The van der Waals surface area contributed by atoms with Crippen LogP contribution in [0.1, 0.15) is 10.4 Å². The third-order valence-electron chi connectivity index (χ3n) is 3.49. The van der Waals surface area contributed by atoms with Crippen molar-refractivity contribution in [2.45, 2.75) is 6.54 Å². The standard InChI is InChI=1S/C17H9ClFN3O3S/c1-2-8-21-15-13(19)4-3-5-14(15)26-17(21)20-16(23)11-9-10(22(24)25)6-7-12(11)18/h1,3-7,9H,8H2. The lowest BCUT2D eigenvalue weighted by molar-refractivity contribution is -0.384. The van der Waals surface area contributed by atoms with Crippen LogP contribution in [0.4, 0.5) is 10.1 Å². The highest BCUT2D eigenvalue weighted by atomic mass is 35.5. The van der Waals surface area contributed by atoms with Crippen LogP contribution in [0.2, 0.25) is 5.02 Å². The maximum Gasteiger partial charge on any atom is 0.281 e. The van der Waals surface area contributed by atoms with Crippen LogP contribution in [0.15, 0.2) is 41.4 Å². The minimum Gasteiger partial charge on any atom is -0.302 e. The number of rotatable bonds is 3. The first-order chi connectivity index (χ1) is 12.4.